The SMILES string of the molecule is O=C1CC(S(=O)(=O)Cl)CN1Cc1cc2ccccc2s1. The fourth-order valence-electron chi connectivity index (χ4n) is 2.38. The number of hydrogen-bond donors (Lipinski definition) is 0. The van der Waals surface area contributed by atoms with Crippen molar-refractivity contribution in [3.63, 3.8) is 0 Å². The van der Waals surface area contributed by atoms with E-state index in [1.54, 1.807) is 16.2 Å². The van der Waals surface area contributed by atoms with Crippen molar-refractivity contribution in [1.82, 2.24) is 4.90 Å². The van der Waals surface area contributed by atoms with Gasteiger partial charge in [-0.1, -0.05) is 18.2 Å². The van der Waals surface area contributed by atoms with Crippen LogP contribution in [0.2, 0.25) is 0 Å². The number of fused-ring (bicyclic) bond motifs is 1. The van der Waals surface area contributed by atoms with Gasteiger partial charge >= 0.3 is 0 Å². The summed E-state index contributed by atoms with van der Waals surface area (Å²) in [4.78, 5) is 14.5. The van der Waals surface area contributed by atoms with Crippen molar-refractivity contribution in [2.75, 3.05) is 6.54 Å². The number of rotatable bonds is 3. The van der Waals surface area contributed by atoms with Gasteiger partial charge in [-0.05, 0) is 17.5 Å². The lowest BCUT2D eigenvalue weighted by atomic mass is 10.2. The molecule has 2 heterocycles. The number of likely N-dealkylation sites (tertiary alicyclic amines) is 1. The van der Waals surface area contributed by atoms with Crippen LogP contribution in [0.3, 0.4) is 0 Å². The molecule has 1 aromatic heterocycles. The summed E-state index contributed by atoms with van der Waals surface area (Å²) in [7, 11) is 1.66. The van der Waals surface area contributed by atoms with Crippen molar-refractivity contribution in [1.29, 1.82) is 0 Å². The second kappa shape index (κ2) is 5.02. The standard InChI is InChI=1S/C13H12ClNO3S2/c14-20(17,18)11-6-13(16)15(8-11)7-10-5-9-3-1-2-4-12(9)19-10/h1-5,11H,6-8H2. The molecule has 0 bridgehead atoms. The summed E-state index contributed by atoms with van der Waals surface area (Å²) in [6.45, 7) is 0.625. The van der Waals surface area contributed by atoms with Gasteiger partial charge in [-0.15, -0.1) is 11.3 Å². The summed E-state index contributed by atoms with van der Waals surface area (Å²) in [5.41, 5.74) is 0. The van der Waals surface area contributed by atoms with Crippen molar-refractivity contribution >= 4 is 47.1 Å². The minimum absolute atomic E-state index is 0.0171. The average molecular weight is 330 g/mol. The molecule has 20 heavy (non-hydrogen) atoms. The van der Waals surface area contributed by atoms with Crippen molar-refractivity contribution in [2.24, 2.45) is 0 Å². The first-order valence-electron chi connectivity index (χ1n) is 6.12. The van der Waals surface area contributed by atoms with Crippen molar-refractivity contribution in [3.05, 3.63) is 35.2 Å². The molecule has 2 aromatic rings. The Kier molecular flexibility index (Phi) is 3.48. The Hall–Kier alpha value is -1.11. The first kappa shape index (κ1) is 13.9. The fourth-order valence-corrected chi connectivity index (χ4v) is 4.52. The van der Waals surface area contributed by atoms with Gasteiger partial charge in [0, 0.05) is 33.2 Å². The zero-order valence-corrected chi connectivity index (χ0v) is 12.8. The van der Waals surface area contributed by atoms with Crippen molar-refractivity contribution < 1.29 is 13.2 Å². The molecule has 1 aliphatic rings. The van der Waals surface area contributed by atoms with Gasteiger partial charge in [0.05, 0.1) is 6.54 Å². The van der Waals surface area contributed by atoms with Gasteiger partial charge in [0.25, 0.3) is 0 Å². The largest absolute Gasteiger partial charge is 0.336 e. The van der Waals surface area contributed by atoms with Crippen LogP contribution in [-0.2, 0) is 20.4 Å². The Morgan fingerprint density at radius 3 is 2.75 bits per heavy atom. The predicted octanol–water partition coefficient (Wildman–Crippen LogP) is 2.57. The zero-order valence-electron chi connectivity index (χ0n) is 10.5. The second-order valence-corrected chi connectivity index (χ2v) is 8.90. The van der Waals surface area contributed by atoms with E-state index in [-0.39, 0.29) is 18.9 Å². The minimum atomic E-state index is -3.67. The highest BCUT2D eigenvalue weighted by Crippen LogP contribution is 2.29. The van der Waals surface area contributed by atoms with Gasteiger partial charge in [-0.25, -0.2) is 8.42 Å². The molecule has 1 atom stereocenters. The van der Waals surface area contributed by atoms with E-state index in [0.717, 1.165) is 15.0 Å². The molecule has 0 aliphatic carbocycles. The first-order chi connectivity index (χ1) is 9.43. The van der Waals surface area contributed by atoms with E-state index in [0.29, 0.717) is 6.54 Å². The van der Waals surface area contributed by atoms with Crippen LogP contribution in [0.5, 0.6) is 0 Å². The molecule has 0 spiro atoms. The third kappa shape index (κ3) is 2.68. The molecule has 106 valence electrons. The maximum absolute atomic E-state index is 11.9. The van der Waals surface area contributed by atoms with Crippen LogP contribution in [0.4, 0.5) is 0 Å². The van der Waals surface area contributed by atoms with E-state index in [9.17, 15) is 13.2 Å². The van der Waals surface area contributed by atoms with Crippen molar-refractivity contribution in [2.45, 2.75) is 18.2 Å². The van der Waals surface area contributed by atoms with Crippen LogP contribution in [0.15, 0.2) is 30.3 Å². The van der Waals surface area contributed by atoms with Crippen LogP contribution in [0.25, 0.3) is 10.1 Å². The smallest absolute Gasteiger partial charge is 0.237 e. The third-order valence-electron chi connectivity index (χ3n) is 3.40. The number of halogens is 1. The molecule has 1 unspecified atom stereocenters. The monoisotopic (exact) mass is 329 g/mol. The number of carbonyl (C=O) groups excluding carboxylic acids is 1. The van der Waals surface area contributed by atoms with Gasteiger partial charge in [0.1, 0.15) is 5.25 Å². The molecular weight excluding hydrogens is 318 g/mol. The molecule has 4 nitrogen and oxygen atoms in total. The van der Waals surface area contributed by atoms with Gasteiger partial charge < -0.3 is 4.90 Å². The quantitative estimate of drug-likeness (QED) is 0.813. The first-order valence-corrected chi connectivity index (χ1v) is 9.31. The van der Waals surface area contributed by atoms with E-state index in [1.165, 1.54) is 0 Å². The molecule has 1 fully saturated rings. The second-order valence-electron chi connectivity index (χ2n) is 4.83. The summed E-state index contributed by atoms with van der Waals surface area (Å²) in [6, 6.07) is 10.0. The number of nitrogens with zero attached hydrogens (tertiary/aromatic N) is 1. The normalized spacial score (nSPS) is 19.9. The Labute approximate surface area is 125 Å². The number of amides is 1. The van der Waals surface area contributed by atoms with Crippen LogP contribution < -0.4 is 0 Å². The molecule has 0 saturated carbocycles. The molecule has 0 radical (unpaired) electrons. The molecular formula is C13H12ClNO3S2. The molecule has 1 aromatic carbocycles. The molecule has 1 aliphatic heterocycles. The highest BCUT2D eigenvalue weighted by Gasteiger charge is 2.37. The van der Waals surface area contributed by atoms with E-state index >= 15 is 0 Å². The summed E-state index contributed by atoms with van der Waals surface area (Å²) in [5.74, 6) is -0.156. The topological polar surface area (TPSA) is 54.5 Å². The summed E-state index contributed by atoms with van der Waals surface area (Å²) in [6.07, 6.45) is -0.0171. The number of thiophene rings is 1. The van der Waals surface area contributed by atoms with Crippen LogP contribution in [0.1, 0.15) is 11.3 Å². The fraction of sp³-hybridized carbons (Fsp3) is 0.308. The number of hydrogen-bond acceptors (Lipinski definition) is 4. The number of carbonyl (C=O) groups is 1. The summed E-state index contributed by atoms with van der Waals surface area (Å²) >= 11 is 1.62. The third-order valence-corrected chi connectivity index (χ3v) is 6.37. The Bertz CT molecular complexity index is 736. The zero-order chi connectivity index (χ0) is 14.3. The van der Waals surface area contributed by atoms with Crippen LogP contribution in [-0.4, -0.2) is 31.0 Å². The maximum Gasteiger partial charge on any atom is 0.237 e. The van der Waals surface area contributed by atoms with E-state index in [2.05, 4.69) is 0 Å². The highest BCUT2D eigenvalue weighted by molar-refractivity contribution is 8.14. The summed E-state index contributed by atoms with van der Waals surface area (Å²) in [5, 5.41) is 0.353. The lowest BCUT2D eigenvalue weighted by molar-refractivity contribution is -0.128. The Morgan fingerprint density at radius 1 is 1.35 bits per heavy atom. The average Bonchev–Trinajstić information content (AvgIpc) is 2.93. The number of benzene rings is 1. The van der Waals surface area contributed by atoms with Gasteiger partial charge in [0.2, 0.25) is 15.0 Å². The van der Waals surface area contributed by atoms with Crippen LogP contribution in [0, 0.1) is 0 Å². The van der Waals surface area contributed by atoms with E-state index < -0.39 is 14.3 Å². The van der Waals surface area contributed by atoms with Gasteiger partial charge in [-0.3, -0.25) is 4.79 Å². The van der Waals surface area contributed by atoms with Gasteiger partial charge in [0.15, 0.2) is 0 Å². The highest BCUT2D eigenvalue weighted by atomic mass is 35.7. The van der Waals surface area contributed by atoms with E-state index in [4.69, 9.17) is 10.7 Å². The lowest BCUT2D eigenvalue weighted by Crippen LogP contribution is -2.26. The summed E-state index contributed by atoms with van der Waals surface area (Å²) < 4.78 is 23.8. The van der Waals surface area contributed by atoms with Crippen molar-refractivity contribution in [3.8, 4) is 0 Å². The minimum Gasteiger partial charge on any atom is -0.336 e. The molecule has 7 heteroatoms. The van der Waals surface area contributed by atoms with Crippen LogP contribution >= 0.6 is 22.0 Å². The Balaban J connectivity index is 1.79. The van der Waals surface area contributed by atoms with Gasteiger partial charge in [-0.2, -0.15) is 0 Å². The molecule has 3 rings (SSSR count). The molecule has 0 N–H and O–H groups in total. The predicted molar refractivity (Wildman–Crippen MR) is 80.4 cm³/mol. The molecule has 1 saturated heterocycles. The maximum atomic E-state index is 11.9. The Morgan fingerprint density at radius 2 is 2.10 bits per heavy atom. The lowest BCUT2D eigenvalue weighted by Gasteiger charge is -2.14. The molecule has 1 amide bonds. The van der Waals surface area contributed by atoms with E-state index in [1.807, 2.05) is 30.3 Å².